The van der Waals surface area contributed by atoms with Crippen molar-refractivity contribution in [3.05, 3.63) is 34.2 Å². The van der Waals surface area contributed by atoms with Crippen molar-refractivity contribution in [3.63, 3.8) is 0 Å². The fraction of sp³-hybridized carbons (Fsp3) is 0.478. The first-order valence-corrected chi connectivity index (χ1v) is 11.5. The summed E-state index contributed by atoms with van der Waals surface area (Å²) in [6.07, 6.45) is 4.24. The van der Waals surface area contributed by atoms with E-state index in [1.807, 2.05) is 12.3 Å². The molecule has 2 heterocycles. The number of nitrogens with zero attached hydrogens (tertiary/aromatic N) is 3. The van der Waals surface area contributed by atoms with E-state index in [0.29, 0.717) is 18.0 Å². The van der Waals surface area contributed by atoms with Crippen LogP contribution in [0, 0.1) is 20.8 Å². The molecular formula is C23H28N4O3S. The molecule has 1 spiro atoms. The van der Waals surface area contributed by atoms with Crippen molar-refractivity contribution in [1.82, 2.24) is 14.8 Å². The van der Waals surface area contributed by atoms with Crippen LogP contribution in [0.2, 0.25) is 0 Å². The number of imide groups is 1. The Morgan fingerprint density at radius 1 is 1.10 bits per heavy atom. The van der Waals surface area contributed by atoms with Crippen LogP contribution in [0.3, 0.4) is 0 Å². The standard InChI is InChI=1S/C23H28N4O3S/c1-14-10-16(3)17(11-15(14)2)18-13-31-21(24-18)25-19(28)12-27-20(29)23(26(4)22(27)30)8-6-5-7-9-23/h10-11,13H,5-9,12H2,1-4H3,(H,24,25,28). The molecule has 4 rings (SSSR count). The molecule has 0 unspecified atom stereocenters. The minimum Gasteiger partial charge on any atom is -0.313 e. The Kier molecular flexibility index (Phi) is 5.60. The predicted octanol–water partition coefficient (Wildman–Crippen LogP) is 4.27. The molecule has 1 aromatic carbocycles. The molecule has 2 aromatic rings. The highest BCUT2D eigenvalue weighted by molar-refractivity contribution is 7.14. The van der Waals surface area contributed by atoms with Crippen LogP contribution < -0.4 is 5.32 Å². The fourth-order valence-electron chi connectivity index (χ4n) is 4.66. The molecule has 164 valence electrons. The van der Waals surface area contributed by atoms with Crippen molar-refractivity contribution in [3.8, 4) is 11.3 Å². The Labute approximate surface area is 186 Å². The Hall–Kier alpha value is -2.74. The van der Waals surface area contributed by atoms with Gasteiger partial charge in [0.05, 0.1) is 5.69 Å². The lowest BCUT2D eigenvalue weighted by atomic mass is 9.81. The van der Waals surface area contributed by atoms with E-state index in [9.17, 15) is 14.4 Å². The third-order valence-electron chi connectivity index (χ3n) is 6.65. The number of carbonyl (C=O) groups excluding carboxylic acids is 3. The van der Waals surface area contributed by atoms with Crippen LogP contribution in [-0.2, 0) is 9.59 Å². The number of urea groups is 1. The Bertz CT molecular complexity index is 1060. The SMILES string of the molecule is Cc1cc(C)c(-c2csc(NC(=O)CN3C(=O)N(C)C4(CCCCC4)C3=O)n2)cc1C. The van der Waals surface area contributed by atoms with Crippen LogP contribution in [-0.4, -0.2) is 51.8 Å². The van der Waals surface area contributed by atoms with Gasteiger partial charge < -0.3 is 10.2 Å². The first-order valence-electron chi connectivity index (χ1n) is 10.7. The lowest BCUT2D eigenvalue weighted by molar-refractivity contribution is -0.136. The van der Waals surface area contributed by atoms with E-state index in [0.717, 1.165) is 41.0 Å². The number of thiazole rings is 1. The Balaban J connectivity index is 1.46. The average molecular weight is 441 g/mol. The number of rotatable bonds is 4. The molecule has 0 atom stereocenters. The lowest BCUT2D eigenvalue weighted by Crippen LogP contribution is -2.49. The van der Waals surface area contributed by atoms with Crippen molar-refractivity contribution < 1.29 is 14.4 Å². The maximum Gasteiger partial charge on any atom is 0.327 e. The van der Waals surface area contributed by atoms with Crippen LogP contribution in [0.25, 0.3) is 11.3 Å². The van der Waals surface area contributed by atoms with Gasteiger partial charge in [0.1, 0.15) is 12.1 Å². The lowest BCUT2D eigenvalue weighted by Gasteiger charge is -2.35. The smallest absolute Gasteiger partial charge is 0.313 e. The van der Waals surface area contributed by atoms with Gasteiger partial charge >= 0.3 is 6.03 Å². The largest absolute Gasteiger partial charge is 0.327 e. The van der Waals surface area contributed by atoms with Gasteiger partial charge in [-0.3, -0.25) is 14.5 Å². The zero-order chi connectivity index (χ0) is 22.3. The highest BCUT2D eigenvalue weighted by Gasteiger charge is 2.55. The summed E-state index contributed by atoms with van der Waals surface area (Å²) >= 11 is 1.33. The number of amides is 4. The van der Waals surface area contributed by atoms with Crippen molar-refractivity contribution in [1.29, 1.82) is 0 Å². The van der Waals surface area contributed by atoms with Crippen LogP contribution in [0.1, 0.15) is 48.8 Å². The third kappa shape index (κ3) is 3.73. The summed E-state index contributed by atoms with van der Waals surface area (Å²) < 4.78 is 0. The fourth-order valence-corrected chi connectivity index (χ4v) is 5.39. The molecule has 0 bridgehead atoms. The first kappa shape index (κ1) is 21.5. The minimum atomic E-state index is -0.773. The van der Waals surface area contributed by atoms with Crippen LogP contribution in [0.4, 0.5) is 9.93 Å². The quantitative estimate of drug-likeness (QED) is 0.720. The van der Waals surface area contributed by atoms with E-state index in [2.05, 4.69) is 36.3 Å². The molecule has 8 heteroatoms. The summed E-state index contributed by atoms with van der Waals surface area (Å²) in [7, 11) is 1.67. The third-order valence-corrected chi connectivity index (χ3v) is 7.41. The second-order valence-electron chi connectivity index (χ2n) is 8.66. The summed E-state index contributed by atoms with van der Waals surface area (Å²) in [4.78, 5) is 45.6. The van der Waals surface area contributed by atoms with Gasteiger partial charge in [-0.05, 0) is 56.4 Å². The first-order chi connectivity index (χ1) is 14.7. The van der Waals surface area contributed by atoms with E-state index in [4.69, 9.17) is 0 Å². The Morgan fingerprint density at radius 2 is 1.77 bits per heavy atom. The van der Waals surface area contributed by atoms with Crippen molar-refractivity contribution in [2.75, 3.05) is 18.9 Å². The number of anilines is 1. The molecule has 2 fully saturated rings. The molecule has 1 saturated carbocycles. The number of benzene rings is 1. The van der Waals surface area contributed by atoms with Gasteiger partial charge in [0, 0.05) is 18.0 Å². The molecule has 1 aliphatic heterocycles. The molecule has 1 saturated heterocycles. The number of likely N-dealkylation sites (N-methyl/N-ethyl adjacent to an activating group) is 1. The maximum absolute atomic E-state index is 13.0. The van der Waals surface area contributed by atoms with Crippen LogP contribution in [0.5, 0.6) is 0 Å². The van der Waals surface area contributed by atoms with Crippen molar-refractivity contribution in [2.24, 2.45) is 0 Å². The number of aryl methyl sites for hydroxylation is 3. The molecule has 0 radical (unpaired) electrons. The van der Waals surface area contributed by atoms with Gasteiger partial charge in [-0.15, -0.1) is 11.3 Å². The molecule has 1 N–H and O–H groups in total. The molecule has 31 heavy (non-hydrogen) atoms. The van der Waals surface area contributed by atoms with Gasteiger partial charge in [0.15, 0.2) is 5.13 Å². The molecule has 2 aliphatic rings. The van der Waals surface area contributed by atoms with Gasteiger partial charge in [-0.2, -0.15) is 0 Å². The van der Waals surface area contributed by atoms with E-state index >= 15 is 0 Å². The molecule has 4 amide bonds. The zero-order valence-electron chi connectivity index (χ0n) is 18.4. The summed E-state index contributed by atoms with van der Waals surface area (Å²) in [5.41, 5.74) is 4.60. The number of carbonyl (C=O) groups is 3. The number of hydrogen-bond acceptors (Lipinski definition) is 5. The Morgan fingerprint density at radius 3 is 2.48 bits per heavy atom. The van der Waals surface area contributed by atoms with Gasteiger partial charge in [-0.1, -0.05) is 25.3 Å². The molecule has 1 aliphatic carbocycles. The van der Waals surface area contributed by atoms with Gasteiger partial charge in [-0.25, -0.2) is 9.78 Å². The summed E-state index contributed by atoms with van der Waals surface area (Å²) in [5, 5.41) is 5.12. The van der Waals surface area contributed by atoms with Crippen molar-refractivity contribution >= 4 is 34.3 Å². The highest BCUT2D eigenvalue weighted by atomic mass is 32.1. The van der Waals surface area contributed by atoms with E-state index in [1.165, 1.54) is 27.4 Å². The minimum absolute atomic E-state index is 0.250. The molecular weight excluding hydrogens is 412 g/mol. The molecule has 7 nitrogen and oxygen atoms in total. The number of hydrogen-bond donors (Lipinski definition) is 1. The highest BCUT2D eigenvalue weighted by Crippen LogP contribution is 2.39. The van der Waals surface area contributed by atoms with E-state index in [1.54, 1.807) is 7.05 Å². The normalized spacial score (nSPS) is 18.2. The van der Waals surface area contributed by atoms with E-state index in [-0.39, 0.29) is 12.5 Å². The summed E-state index contributed by atoms with van der Waals surface area (Å²) in [5.74, 6) is -0.666. The predicted molar refractivity (Wildman–Crippen MR) is 121 cm³/mol. The second-order valence-corrected chi connectivity index (χ2v) is 9.52. The second kappa shape index (κ2) is 8.07. The molecule has 1 aromatic heterocycles. The van der Waals surface area contributed by atoms with Crippen LogP contribution in [0.15, 0.2) is 17.5 Å². The number of aromatic nitrogens is 1. The van der Waals surface area contributed by atoms with E-state index < -0.39 is 17.5 Å². The summed E-state index contributed by atoms with van der Waals surface area (Å²) in [6, 6.07) is 3.84. The van der Waals surface area contributed by atoms with Gasteiger partial charge in [0.25, 0.3) is 5.91 Å². The average Bonchev–Trinajstić information content (AvgIpc) is 3.26. The summed E-state index contributed by atoms with van der Waals surface area (Å²) in [6.45, 7) is 5.89. The topological polar surface area (TPSA) is 82.6 Å². The van der Waals surface area contributed by atoms with Gasteiger partial charge in [0.2, 0.25) is 5.91 Å². The maximum atomic E-state index is 13.0. The number of nitrogens with one attached hydrogen (secondary N) is 1. The van der Waals surface area contributed by atoms with Crippen LogP contribution >= 0.6 is 11.3 Å². The monoisotopic (exact) mass is 440 g/mol. The zero-order valence-corrected chi connectivity index (χ0v) is 19.3. The van der Waals surface area contributed by atoms with Crippen molar-refractivity contribution in [2.45, 2.75) is 58.4 Å².